The van der Waals surface area contributed by atoms with Gasteiger partial charge in [0.15, 0.2) is 11.2 Å². The summed E-state index contributed by atoms with van der Waals surface area (Å²) in [7, 11) is -36.0. The van der Waals surface area contributed by atoms with Gasteiger partial charge in [-0.15, -0.1) is 0 Å². The number of hydrogen-bond acceptors (Lipinski definition) is 40. The molecule has 4 amide bonds. The summed E-state index contributed by atoms with van der Waals surface area (Å²) in [4.78, 5) is 217. The summed E-state index contributed by atoms with van der Waals surface area (Å²) in [5, 5.41) is 72.3. The van der Waals surface area contributed by atoms with Gasteiger partial charge in [0.2, 0.25) is 11.8 Å². The number of aromatic hydroxyl groups is 4. The van der Waals surface area contributed by atoms with E-state index >= 15 is 0 Å². The van der Waals surface area contributed by atoms with Gasteiger partial charge in [-0.1, -0.05) is 43.2 Å². The summed E-state index contributed by atoms with van der Waals surface area (Å²) in [6.45, 7) is -1.70. The largest absolute Gasteiger partial charge is 1.00 e. The summed E-state index contributed by atoms with van der Waals surface area (Å²) in [5.41, 5.74) is -3.48. The van der Waals surface area contributed by atoms with Crippen molar-refractivity contribution in [3.8, 4) is 46.0 Å². The molecular weight excluding hydrogens is 1980 g/mol. The minimum atomic E-state index is -6.17. The van der Waals surface area contributed by atoms with Crippen molar-refractivity contribution in [2.75, 3.05) is 39.4 Å². The van der Waals surface area contributed by atoms with Crippen LogP contribution in [0.4, 0.5) is 0 Å². The molecule has 2 aromatic heterocycles. The zero-order chi connectivity index (χ0) is 97.0. The van der Waals surface area contributed by atoms with Crippen molar-refractivity contribution in [1.82, 2.24) is 40.4 Å². The van der Waals surface area contributed by atoms with Crippen LogP contribution in [0, 0.1) is 0 Å². The Kier molecular flexibility index (Phi) is 36.7. The van der Waals surface area contributed by atoms with Gasteiger partial charge in [0.1, 0.15) is 70.7 Å². The zero-order valence-electron chi connectivity index (χ0n) is 71.7. The maximum atomic E-state index is 13.4. The smallest absolute Gasteiger partial charge is 0.756 e. The average molecular weight is 2050 g/mol. The van der Waals surface area contributed by atoms with Crippen molar-refractivity contribution in [1.29, 1.82) is 0 Å². The molecule has 716 valence electrons. The van der Waals surface area contributed by atoms with E-state index in [-0.39, 0.29) is 232 Å². The van der Waals surface area contributed by atoms with Crippen LogP contribution in [0.5, 0.6) is 46.0 Å². The van der Waals surface area contributed by atoms with Crippen LogP contribution >= 0.6 is 46.9 Å². The number of amides is 4. The number of H-pyrrole nitrogens is 2. The Morgan fingerprint density at radius 2 is 0.803 bits per heavy atom. The van der Waals surface area contributed by atoms with Gasteiger partial charge in [-0.2, -0.15) is 0 Å². The molecule has 137 heavy (non-hydrogen) atoms. The van der Waals surface area contributed by atoms with E-state index < -0.39 is 154 Å². The molecule has 2 fully saturated rings. The number of fused-ring (bicyclic) bond motifs is 12. The number of carbonyl (C=O) groups is 6. The second-order valence-corrected chi connectivity index (χ2v) is 38.7. The molecule has 14 N–H and O–H groups in total. The molecule has 8 aromatic rings. The van der Waals surface area contributed by atoms with Crippen LogP contribution in [0.3, 0.4) is 0 Å². The first-order chi connectivity index (χ1) is 63.1. The van der Waals surface area contributed by atoms with Gasteiger partial charge >= 0.3 is 112 Å². The van der Waals surface area contributed by atoms with Crippen molar-refractivity contribution in [2.24, 2.45) is 0 Å². The van der Waals surface area contributed by atoms with E-state index in [1.165, 1.54) is 91.0 Å². The molecule has 50 nitrogen and oxygen atoms in total. The van der Waals surface area contributed by atoms with Crippen molar-refractivity contribution in [3.05, 3.63) is 242 Å². The van der Waals surface area contributed by atoms with Gasteiger partial charge in [0.25, 0.3) is 69.9 Å². The third-order valence-electron chi connectivity index (χ3n) is 20.9. The number of carbonyl (C=O) groups excluding carboxylic acids is 6. The van der Waals surface area contributed by atoms with Crippen LogP contribution < -0.4 is 171 Å². The van der Waals surface area contributed by atoms with E-state index in [1.807, 2.05) is 0 Å². The van der Waals surface area contributed by atoms with Crippen LogP contribution in [-0.4, -0.2) is 159 Å². The number of benzene rings is 6. The third kappa shape index (κ3) is 27.2. The molecule has 0 aliphatic carbocycles. The van der Waals surface area contributed by atoms with Crippen molar-refractivity contribution in [3.63, 3.8) is 0 Å². The predicted molar refractivity (Wildman–Crippen MR) is 440 cm³/mol. The monoisotopic (exact) mass is 2050 g/mol. The van der Waals surface area contributed by atoms with Crippen LogP contribution in [-0.2, 0) is 93.4 Å². The molecule has 12 atom stereocenters. The van der Waals surface area contributed by atoms with Crippen molar-refractivity contribution < 1.29 is 269 Å². The number of hydrogen-bond donors (Lipinski definition) is 14. The Balaban J connectivity index is 0.000000277. The molecule has 12 unspecified atom stereocenters. The number of phosphoric acid groups is 6. The van der Waals surface area contributed by atoms with Crippen molar-refractivity contribution in [2.45, 2.75) is 112 Å². The first kappa shape index (κ1) is 110. The topological polar surface area (TPSA) is 774 Å². The van der Waals surface area contributed by atoms with Gasteiger partial charge < -0.3 is 129 Å². The number of rotatable bonds is 36. The normalized spacial score (nSPS) is 20.2. The maximum absolute atomic E-state index is 13.4. The van der Waals surface area contributed by atoms with E-state index in [4.69, 9.17) is 38.2 Å². The molecule has 6 aromatic carbocycles. The van der Waals surface area contributed by atoms with E-state index in [2.05, 4.69) is 57.5 Å². The molecule has 14 rings (SSSR count). The molecular formula is C78H76N8Na3O42P6-3. The summed E-state index contributed by atoms with van der Waals surface area (Å²) in [6, 6.07) is 26.6. The Morgan fingerprint density at radius 1 is 0.445 bits per heavy atom. The Bertz CT molecular complexity index is 6520. The van der Waals surface area contributed by atoms with Crippen LogP contribution in [0.15, 0.2) is 153 Å². The molecule has 2 spiro atoms. The number of nitrogens with one attached hydrogen (secondary N) is 6. The fraction of sp³-hybridized carbons (Fsp3) is 0.308. The standard InChI is InChI=1S/2C39H41N4O21P3.3Na/c44-23-8-11-27-30(16-23)60-31-17-24(45)9-12-28(31)39(27)26-10-7-21(15-25(26)37(50)62-39)35(48)41-13-3-1-2-6-33(47)40-14-4-5-22-19-43(38(51)42-36(22)49)34-18-29(46)32(61-34)20-59-66(55,56)64-67(57,58)63-65(52,53)54;44-23-8-11-26-30(16-23)60-31-17-24(45)9-12-27(31)39(26)28-15-21(7-10-25(28)37(50)62-39)35(48)41-13-3-1-2-6-33(47)40-14-4-5-22-19-43(38(51)42-36(22)49)34-18-29(46)32(61-34)20-59-66(55,56)64-67(57,58)63-65(52,53)54;;;/h2*4-5,7-12,15-17,19,29,32,34,44-46H,1-3,6,13-14,18,20H2,(H,40,47)(H,41,48)(H,55,56)(H,57,58)(H,42,49,51)(H2,52,53,54);;;/q;;3*+1/p-6. The summed E-state index contributed by atoms with van der Waals surface area (Å²) < 4.78 is 127. The molecule has 8 heterocycles. The summed E-state index contributed by atoms with van der Waals surface area (Å²) in [5.74, 6) is -2.42. The predicted octanol–water partition coefficient (Wildman–Crippen LogP) is -7.53. The number of aliphatic hydroxyl groups excluding tert-OH is 2. The number of phosphoric ester groups is 2. The number of phenols is 4. The fourth-order valence-electron chi connectivity index (χ4n) is 15.0. The molecule has 0 saturated carbocycles. The number of aromatic amines is 2. The number of aromatic nitrogens is 4. The first-order valence-electron chi connectivity index (χ1n) is 39.8. The van der Waals surface area contributed by atoms with Gasteiger partial charge in [0.05, 0.1) is 47.7 Å². The second-order valence-electron chi connectivity index (χ2n) is 30.1. The Hall–Kier alpha value is -8.56. The van der Waals surface area contributed by atoms with E-state index in [0.717, 1.165) is 21.5 Å². The molecule has 6 aliphatic heterocycles. The minimum absolute atomic E-state index is 0. The van der Waals surface area contributed by atoms with Gasteiger partial charge in [0, 0.05) is 133 Å². The number of nitrogens with zero attached hydrogens (tertiary/aromatic N) is 2. The van der Waals surface area contributed by atoms with Crippen LogP contribution in [0.1, 0.15) is 163 Å². The first-order valence-corrected chi connectivity index (χ1v) is 48.6. The third-order valence-corrected chi connectivity index (χ3v) is 28.2. The molecule has 0 bridgehead atoms. The fourth-order valence-corrected chi connectivity index (χ4v) is 20.8. The molecule has 6 aliphatic rings. The van der Waals surface area contributed by atoms with Gasteiger partial charge in [-0.3, -0.25) is 75.3 Å². The van der Waals surface area contributed by atoms with E-state index in [1.54, 1.807) is 42.5 Å². The second kappa shape index (κ2) is 45.6. The number of phenolic OH excluding ortho intramolecular Hbond substituents is 4. The number of unbranched alkanes of at least 4 members (excludes halogenated alkanes) is 4. The minimum Gasteiger partial charge on any atom is -0.756 e. The summed E-state index contributed by atoms with van der Waals surface area (Å²) >= 11 is 0. The number of aliphatic hydroxyl groups is 2. The molecule has 2 saturated heterocycles. The molecule has 0 radical (unpaired) electrons. The number of ether oxygens (including phenoxy) is 6. The van der Waals surface area contributed by atoms with Gasteiger partial charge in [-0.05, 0) is 105 Å². The van der Waals surface area contributed by atoms with E-state index in [0.29, 0.717) is 71.9 Å². The zero-order valence-corrected chi connectivity index (χ0v) is 83.0. The van der Waals surface area contributed by atoms with E-state index in [9.17, 15) is 135 Å². The van der Waals surface area contributed by atoms with Crippen LogP contribution in [0.2, 0.25) is 0 Å². The Morgan fingerprint density at radius 3 is 1.19 bits per heavy atom. The van der Waals surface area contributed by atoms with Gasteiger partial charge in [-0.25, -0.2) is 36.4 Å². The summed E-state index contributed by atoms with van der Waals surface area (Å²) in [6.07, 6.45) is 1.57. The Labute approximate surface area is 837 Å². The quantitative estimate of drug-likeness (QED) is 0.00751. The average Bonchev–Trinajstić information content (AvgIpc) is 1.57. The van der Waals surface area contributed by atoms with Crippen molar-refractivity contribution >= 4 is 94.7 Å². The number of esters is 2. The molecule has 59 heteroatoms. The maximum Gasteiger partial charge on any atom is 1.00 e. The van der Waals surface area contributed by atoms with Crippen LogP contribution in [0.25, 0.3) is 12.2 Å². The SMILES string of the molecule is O=C(CCCCCNC(=O)c1ccc2c(c1)C(=O)OC21c2ccc(O)cc2Oc2cc(O)ccc21)NCC=Cc1cn(C2CC(O)C(COP(=O)([O-])OP(=O)([O-])OP(=O)([O-])O)O2)c(=O)[nH]c1=O.O=C(CCCCCNC(=O)c1ccc2c(c1)C1(OC2=O)c2ccc(O)cc2Oc2cc(O)ccc21)NCC=Cc1cn(C2CC(O)C(COP(=O)([O-])OP(=O)([O-])OP(=O)([O-])O)O2)c(=O)[nH]c1=O.[Na+].[Na+].[Na+].